The first kappa shape index (κ1) is 42.7. The highest BCUT2D eigenvalue weighted by Gasteiger charge is 2.37. The summed E-state index contributed by atoms with van der Waals surface area (Å²) in [5.74, 6) is -3.09. The van der Waals surface area contributed by atoms with Gasteiger partial charge in [-0.2, -0.15) is 0 Å². The predicted molar refractivity (Wildman–Crippen MR) is 221 cm³/mol. The van der Waals surface area contributed by atoms with E-state index in [4.69, 9.17) is 32.7 Å². The van der Waals surface area contributed by atoms with Crippen LogP contribution in [-0.4, -0.2) is 64.3 Å². The molecule has 280 valence electrons. The lowest BCUT2D eigenvalue weighted by molar-refractivity contribution is -0.152. The lowest BCUT2D eigenvalue weighted by Gasteiger charge is -2.31. The quantitative estimate of drug-likeness (QED) is 0.0698. The normalized spacial score (nSPS) is 12.6. The number of nitrogens with zero attached hydrogens (tertiary/aromatic N) is 1. The van der Waals surface area contributed by atoms with Crippen LogP contribution in [0.1, 0.15) is 34.3 Å². The zero-order valence-corrected chi connectivity index (χ0v) is 36.5. The molecule has 4 rings (SSSR count). The molecule has 0 aliphatic heterocycles. The summed E-state index contributed by atoms with van der Waals surface area (Å²) in [7, 11) is 2.49. The van der Waals surface area contributed by atoms with Gasteiger partial charge in [-0.15, -0.1) is 0 Å². The Hall–Kier alpha value is -3.04. The van der Waals surface area contributed by atoms with Crippen molar-refractivity contribution in [2.45, 2.75) is 31.2 Å². The van der Waals surface area contributed by atoms with Gasteiger partial charge in [0.25, 0.3) is 0 Å². The van der Waals surface area contributed by atoms with Gasteiger partial charge < -0.3 is 40.3 Å². The minimum Gasteiger partial charge on any atom is -0.506 e. The van der Waals surface area contributed by atoms with Crippen molar-refractivity contribution in [3.05, 3.63) is 115 Å². The van der Waals surface area contributed by atoms with Crippen LogP contribution in [0.2, 0.25) is 10.0 Å². The fourth-order valence-corrected chi connectivity index (χ4v) is 8.63. The Morgan fingerprint density at radius 1 is 0.792 bits per heavy atom. The van der Waals surface area contributed by atoms with Gasteiger partial charge in [-0.25, -0.2) is 9.59 Å². The first-order valence-corrected chi connectivity index (χ1v) is 19.7. The molecule has 0 radical (unpaired) electrons. The third-order valence-corrected chi connectivity index (χ3v) is 11.2. The number of hydrogen-bond donors (Lipinski definition) is 5. The lowest BCUT2D eigenvalue weighted by atomic mass is 10.00. The number of esters is 1. The van der Waals surface area contributed by atoms with E-state index in [0.29, 0.717) is 27.2 Å². The molecule has 0 saturated heterocycles. The number of phenols is 3. The minimum atomic E-state index is -1.60. The van der Waals surface area contributed by atoms with Gasteiger partial charge in [0, 0.05) is 13.5 Å². The molecule has 5 N–H and O–H groups in total. The first-order valence-electron chi connectivity index (χ1n) is 15.2. The predicted octanol–water partition coefficient (Wildman–Crippen LogP) is 7.91. The Labute approximate surface area is 358 Å². The third-order valence-electron chi connectivity index (χ3n) is 7.81. The zero-order valence-electron chi connectivity index (χ0n) is 27.5. The van der Waals surface area contributed by atoms with Crippen molar-refractivity contribution < 1.29 is 44.0 Å². The number of methoxy groups -OCH3 is 1. The number of nitrogens with one attached hydrogen (secondary N) is 2. The van der Waals surface area contributed by atoms with Crippen molar-refractivity contribution in [2.24, 2.45) is 0 Å². The topological polar surface area (TPSA) is 175 Å². The van der Waals surface area contributed by atoms with E-state index in [2.05, 4.69) is 42.5 Å². The molecule has 0 saturated carbocycles. The summed E-state index contributed by atoms with van der Waals surface area (Å²) in [4.78, 5) is 56.1. The van der Waals surface area contributed by atoms with E-state index < -0.39 is 47.8 Å². The molecular formula is C35H29Br2Cl2I2N3O9. The Balaban J connectivity index is 1.74. The Bertz CT molecular complexity index is 1980. The van der Waals surface area contributed by atoms with Gasteiger partial charge in [0.15, 0.2) is 5.75 Å². The average molecular weight is 1120 g/mol. The molecular weight excluding hydrogens is 1090 g/mol. The summed E-state index contributed by atoms with van der Waals surface area (Å²) in [6.45, 7) is -0.106. The lowest BCUT2D eigenvalue weighted by Crippen LogP contribution is -2.51. The molecule has 3 atom stereocenters. The van der Waals surface area contributed by atoms with Crippen molar-refractivity contribution in [2.75, 3.05) is 14.2 Å². The molecule has 0 unspecified atom stereocenters. The van der Waals surface area contributed by atoms with E-state index >= 15 is 0 Å². The number of rotatable bonds is 12. The largest absolute Gasteiger partial charge is 0.506 e. The Morgan fingerprint density at radius 3 is 1.89 bits per heavy atom. The van der Waals surface area contributed by atoms with E-state index in [-0.39, 0.29) is 45.7 Å². The van der Waals surface area contributed by atoms with Crippen LogP contribution in [0.15, 0.2) is 75.7 Å². The molecule has 12 nitrogen and oxygen atoms in total. The van der Waals surface area contributed by atoms with Crippen LogP contribution >= 0.6 is 100 Å². The maximum atomic E-state index is 14.5. The number of hydrogen-bond acceptors (Lipinski definition) is 9. The molecule has 4 aromatic rings. The molecule has 0 aliphatic carbocycles. The van der Waals surface area contributed by atoms with Gasteiger partial charge >= 0.3 is 12.1 Å². The van der Waals surface area contributed by atoms with E-state index in [1.807, 2.05) is 45.2 Å². The second-order valence-corrected chi connectivity index (χ2v) is 16.2. The molecule has 0 aliphatic rings. The number of benzene rings is 4. The molecule has 0 heterocycles. The number of amides is 3. The summed E-state index contributed by atoms with van der Waals surface area (Å²) in [6.07, 6.45) is -1.04. The van der Waals surface area contributed by atoms with Gasteiger partial charge in [0.1, 0.15) is 36.2 Å². The van der Waals surface area contributed by atoms with Gasteiger partial charge in [-0.05, 0) is 136 Å². The highest BCUT2D eigenvalue weighted by atomic mass is 127. The van der Waals surface area contributed by atoms with E-state index in [1.54, 1.807) is 42.5 Å². The maximum Gasteiger partial charge on any atom is 0.408 e. The van der Waals surface area contributed by atoms with Gasteiger partial charge in [0.2, 0.25) is 11.8 Å². The molecule has 18 heteroatoms. The second-order valence-electron chi connectivity index (χ2n) is 11.3. The molecule has 3 amide bonds. The van der Waals surface area contributed by atoms with Crippen LogP contribution in [0.3, 0.4) is 0 Å². The van der Waals surface area contributed by atoms with Crippen LogP contribution in [-0.2, 0) is 36.9 Å². The Kier molecular flexibility index (Phi) is 15.3. The van der Waals surface area contributed by atoms with Crippen molar-refractivity contribution in [1.29, 1.82) is 0 Å². The number of phenolic OH excluding ortho intramolecular Hbond substituents is 3. The number of alkyl carbamates (subject to hydrolysis) is 1. The molecule has 4 aromatic carbocycles. The fourth-order valence-electron chi connectivity index (χ4n) is 5.03. The SMILES string of the molecule is COC(=O)[C@H](Cc1cc(Br)c(O)c(Br)c1)N(C)C(=O)[C@H](NC(=O)[C@H](NC(=O)OCc1ccccc1)c1cc(I)c(O)c(I)c1)c1cc(Cl)c(O)c(Cl)c1. The van der Waals surface area contributed by atoms with E-state index in [0.717, 1.165) is 12.0 Å². The average Bonchev–Trinajstić information content (AvgIpc) is 3.13. The Morgan fingerprint density at radius 2 is 1.34 bits per heavy atom. The second kappa shape index (κ2) is 19.0. The van der Waals surface area contributed by atoms with Crippen molar-refractivity contribution >= 4 is 124 Å². The molecule has 0 bridgehead atoms. The van der Waals surface area contributed by atoms with Crippen LogP contribution in [0.4, 0.5) is 4.79 Å². The smallest absolute Gasteiger partial charge is 0.408 e. The van der Waals surface area contributed by atoms with Gasteiger partial charge in [0.05, 0.1) is 33.2 Å². The van der Waals surface area contributed by atoms with Crippen LogP contribution < -0.4 is 10.6 Å². The van der Waals surface area contributed by atoms with Crippen molar-refractivity contribution in [3.63, 3.8) is 0 Å². The van der Waals surface area contributed by atoms with E-state index in [9.17, 15) is 34.5 Å². The molecule has 0 fully saturated rings. The zero-order chi connectivity index (χ0) is 39.1. The first-order chi connectivity index (χ1) is 25.0. The summed E-state index contributed by atoms with van der Waals surface area (Å²) in [5, 5.41) is 35.7. The number of aromatic hydroxyl groups is 3. The molecule has 53 heavy (non-hydrogen) atoms. The van der Waals surface area contributed by atoms with E-state index in [1.165, 1.54) is 31.3 Å². The fraction of sp³-hybridized carbons (Fsp3) is 0.200. The van der Waals surface area contributed by atoms with Crippen LogP contribution in [0.25, 0.3) is 0 Å². The molecule has 0 spiro atoms. The summed E-state index contributed by atoms with van der Waals surface area (Å²) in [5.41, 5.74) is 1.49. The summed E-state index contributed by atoms with van der Waals surface area (Å²) >= 11 is 22.8. The van der Waals surface area contributed by atoms with Gasteiger partial charge in [-0.1, -0.05) is 53.5 Å². The number of halogens is 6. The maximum absolute atomic E-state index is 14.5. The summed E-state index contributed by atoms with van der Waals surface area (Å²) < 4.78 is 11.8. The van der Waals surface area contributed by atoms with Crippen molar-refractivity contribution in [1.82, 2.24) is 15.5 Å². The number of ether oxygens (including phenoxy) is 2. The van der Waals surface area contributed by atoms with Crippen molar-refractivity contribution in [3.8, 4) is 17.2 Å². The number of likely N-dealkylation sites (N-methyl/N-ethyl adjacent to an activating group) is 1. The number of carbonyl (C=O) groups is 4. The third kappa shape index (κ3) is 10.8. The van der Waals surface area contributed by atoms with Crippen LogP contribution in [0, 0.1) is 7.14 Å². The minimum absolute atomic E-state index is 0.0296. The highest BCUT2D eigenvalue weighted by Crippen LogP contribution is 2.37. The summed E-state index contributed by atoms with van der Waals surface area (Å²) in [6, 6.07) is 13.1. The standard InChI is InChI=1S/C35H29Br2Cl2I2N3O9/c1-44(26(34(50)52-2)10-17-8-20(36)29(45)21(37)9-17)33(49)28(18-11-22(38)30(46)23(39)12-18)42-32(48)27(19-13-24(40)31(47)25(41)14-19)43-35(51)53-15-16-6-4-3-5-7-16/h3-9,11-14,26-28,45-47H,10,15H2,1-2H3,(H,42,48)(H,43,51)/t26-,27+,28+/m0/s1. The van der Waals surface area contributed by atoms with Gasteiger partial charge in [-0.3, -0.25) is 9.59 Å². The van der Waals surface area contributed by atoms with Crippen LogP contribution in [0.5, 0.6) is 17.2 Å². The number of carbonyl (C=O) groups excluding carboxylic acids is 4. The molecule has 0 aromatic heterocycles. The highest BCUT2D eigenvalue weighted by molar-refractivity contribution is 14.1. The monoisotopic (exact) mass is 1120 g/mol.